The molecule has 1 aromatic rings. The van der Waals surface area contributed by atoms with Crippen LogP contribution in [0.1, 0.15) is 5.56 Å². The second-order valence-electron chi connectivity index (χ2n) is 3.05. The lowest BCUT2D eigenvalue weighted by Gasteiger charge is -2.12. The zero-order valence-electron chi connectivity index (χ0n) is 8.51. The molecule has 78 valence electrons. The average molecular weight is 204 g/mol. The summed E-state index contributed by atoms with van der Waals surface area (Å²) in [5, 5.41) is 8.37. The highest BCUT2D eigenvalue weighted by Gasteiger charge is 2.08. The lowest BCUT2D eigenvalue weighted by Crippen LogP contribution is -2.27. The lowest BCUT2D eigenvalue weighted by molar-refractivity contribution is 0.108. The molecule has 0 aliphatic heterocycles. The van der Waals surface area contributed by atoms with Crippen LogP contribution in [0.15, 0.2) is 30.3 Å². The van der Waals surface area contributed by atoms with Gasteiger partial charge in [0.05, 0.1) is 6.07 Å². The minimum absolute atomic E-state index is 0.0353. The minimum Gasteiger partial charge on any atom is -0.445 e. The van der Waals surface area contributed by atoms with E-state index in [2.05, 4.69) is 0 Å². The maximum absolute atomic E-state index is 11.3. The Labute approximate surface area is 88.7 Å². The van der Waals surface area contributed by atoms with Gasteiger partial charge >= 0.3 is 6.09 Å². The quantitative estimate of drug-likeness (QED) is 0.705. The Morgan fingerprint density at radius 3 is 2.73 bits per heavy atom. The highest BCUT2D eigenvalue weighted by atomic mass is 16.6. The SMILES string of the molecule is CN(CC#N)C(=O)OCc1ccccc1. The van der Waals surface area contributed by atoms with Crippen LogP contribution in [0, 0.1) is 11.3 Å². The van der Waals surface area contributed by atoms with Gasteiger partial charge in [-0.25, -0.2) is 4.79 Å². The number of nitrogens with zero attached hydrogens (tertiary/aromatic N) is 2. The summed E-state index contributed by atoms with van der Waals surface area (Å²) in [6.45, 7) is 0.267. The van der Waals surface area contributed by atoms with Crippen molar-refractivity contribution in [3.63, 3.8) is 0 Å². The van der Waals surface area contributed by atoms with Gasteiger partial charge in [0.15, 0.2) is 0 Å². The average Bonchev–Trinajstić information content (AvgIpc) is 2.27. The number of rotatable bonds is 3. The fraction of sp³-hybridized carbons (Fsp3) is 0.273. The third-order valence-corrected chi connectivity index (χ3v) is 1.82. The molecule has 15 heavy (non-hydrogen) atoms. The largest absolute Gasteiger partial charge is 0.445 e. The van der Waals surface area contributed by atoms with E-state index in [-0.39, 0.29) is 13.2 Å². The minimum atomic E-state index is -0.486. The molecule has 0 aliphatic rings. The Morgan fingerprint density at radius 2 is 2.13 bits per heavy atom. The molecule has 0 saturated heterocycles. The first kappa shape index (κ1) is 11.1. The molecule has 0 heterocycles. The highest BCUT2D eigenvalue weighted by Crippen LogP contribution is 2.01. The van der Waals surface area contributed by atoms with Gasteiger partial charge < -0.3 is 4.74 Å². The van der Waals surface area contributed by atoms with E-state index in [0.29, 0.717) is 0 Å². The second kappa shape index (κ2) is 5.66. The molecular formula is C11H12N2O2. The summed E-state index contributed by atoms with van der Waals surface area (Å²) < 4.78 is 4.98. The van der Waals surface area contributed by atoms with Crippen molar-refractivity contribution in [2.45, 2.75) is 6.61 Å². The first-order valence-corrected chi connectivity index (χ1v) is 4.53. The van der Waals surface area contributed by atoms with E-state index < -0.39 is 6.09 Å². The van der Waals surface area contributed by atoms with Crippen LogP contribution in [0.25, 0.3) is 0 Å². The molecule has 1 aromatic carbocycles. The standard InChI is InChI=1S/C11H12N2O2/c1-13(8-7-12)11(14)15-9-10-5-3-2-4-6-10/h2-6H,8-9H2,1H3. The second-order valence-corrected chi connectivity index (χ2v) is 3.05. The fourth-order valence-electron chi connectivity index (χ4n) is 1.00. The predicted molar refractivity (Wildman–Crippen MR) is 54.9 cm³/mol. The van der Waals surface area contributed by atoms with Crippen molar-refractivity contribution in [1.82, 2.24) is 4.90 Å². The van der Waals surface area contributed by atoms with Crippen molar-refractivity contribution >= 4 is 6.09 Å². The Bertz CT molecular complexity index is 357. The van der Waals surface area contributed by atoms with Gasteiger partial charge in [-0.1, -0.05) is 30.3 Å². The molecule has 0 atom stereocenters. The first-order chi connectivity index (χ1) is 7.24. The van der Waals surface area contributed by atoms with Gasteiger partial charge in [0.1, 0.15) is 13.2 Å². The van der Waals surface area contributed by atoms with E-state index in [4.69, 9.17) is 10.00 Å². The summed E-state index contributed by atoms with van der Waals surface area (Å²) in [5.41, 5.74) is 0.927. The zero-order chi connectivity index (χ0) is 11.1. The first-order valence-electron chi connectivity index (χ1n) is 4.53. The molecule has 1 amide bonds. The van der Waals surface area contributed by atoms with Gasteiger partial charge in [-0.05, 0) is 5.56 Å². The van der Waals surface area contributed by atoms with E-state index in [1.54, 1.807) is 0 Å². The van der Waals surface area contributed by atoms with Crippen LogP contribution in [0.3, 0.4) is 0 Å². The molecule has 0 N–H and O–H groups in total. The summed E-state index contributed by atoms with van der Waals surface area (Å²) in [5.74, 6) is 0. The molecule has 4 nitrogen and oxygen atoms in total. The third kappa shape index (κ3) is 3.69. The molecule has 0 radical (unpaired) electrons. The number of carbonyl (C=O) groups excluding carboxylic acids is 1. The highest BCUT2D eigenvalue weighted by molar-refractivity contribution is 5.67. The summed E-state index contributed by atoms with van der Waals surface area (Å²) in [7, 11) is 1.52. The van der Waals surface area contributed by atoms with Crippen LogP contribution in [0.4, 0.5) is 4.79 Å². The summed E-state index contributed by atoms with van der Waals surface area (Å²) in [4.78, 5) is 12.5. The Hall–Kier alpha value is -2.02. The molecule has 0 fully saturated rings. The Kier molecular flexibility index (Phi) is 4.17. The summed E-state index contributed by atoms with van der Waals surface area (Å²) in [6, 6.07) is 11.3. The van der Waals surface area contributed by atoms with Gasteiger partial charge in [-0.2, -0.15) is 5.26 Å². The van der Waals surface area contributed by atoms with E-state index >= 15 is 0 Å². The van der Waals surface area contributed by atoms with Crippen LogP contribution in [-0.4, -0.2) is 24.6 Å². The number of hydrogen-bond acceptors (Lipinski definition) is 3. The number of amides is 1. The third-order valence-electron chi connectivity index (χ3n) is 1.82. The smallest absolute Gasteiger partial charge is 0.410 e. The van der Waals surface area contributed by atoms with Gasteiger partial charge in [-0.15, -0.1) is 0 Å². The van der Waals surface area contributed by atoms with Gasteiger partial charge in [0.25, 0.3) is 0 Å². The Balaban J connectivity index is 2.38. The molecule has 1 rings (SSSR count). The van der Waals surface area contributed by atoms with Crippen LogP contribution in [0.2, 0.25) is 0 Å². The Morgan fingerprint density at radius 1 is 1.47 bits per heavy atom. The monoisotopic (exact) mass is 204 g/mol. The van der Waals surface area contributed by atoms with Crippen LogP contribution in [-0.2, 0) is 11.3 Å². The van der Waals surface area contributed by atoms with Crippen molar-refractivity contribution in [3.8, 4) is 6.07 Å². The topological polar surface area (TPSA) is 53.3 Å². The van der Waals surface area contributed by atoms with E-state index in [1.807, 2.05) is 36.4 Å². The molecule has 0 unspecified atom stereocenters. The van der Waals surface area contributed by atoms with Crippen molar-refractivity contribution in [3.05, 3.63) is 35.9 Å². The maximum Gasteiger partial charge on any atom is 0.410 e. The van der Waals surface area contributed by atoms with Crippen LogP contribution >= 0.6 is 0 Å². The van der Waals surface area contributed by atoms with Gasteiger partial charge in [-0.3, -0.25) is 4.90 Å². The number of benzene rings is 1. The van der Waals surface area contributed by atoms with Crippen molar-refractivity contribution in [2.75, 3.05) is 13.6 Å². The van der Waals surface area contributed by atoms with E-state index in [0.717, 1.165) is 5.56 Å². The van der Waals surface area contributed by atoms with Crippen molar-refractivity contribution in [1.29, 1.82) is 5.26 Å². The summed E-state index contributed by atoms with van der Waals surface area (Å²) >= 11 is 0. The fourth-order valence-corrected chi connectivity index (χ4v) is 1.00. The molecule has 0 bridgehead atoms. The van der Waals surface area contributed by atoms with Gasteiger partial charge in [0, 0.05) is 7.05 Å². The summed E-state index contributed by atoms with van der Waals surface area (Å²) in [6.07, 6.45) is -0.486. The maximum atomic E-state index is 11.3. The molecule has 0 spiro atoms. The predicted octanol–water partition coefficient (Wildman–Crippen LogP) is 1.78. The number of carbonyl (C=O) groups is 1. The molecular weight excluding hydrogens is 192 g/mol. The number of nitriles is 1. The van der Waals surface area contributed by atoms with Gasteiger partial charge in [0.2, 0.25) is 0 Å². The zero-order valence-corrected chi connectivity index (χ0v) is 8.51. The van der Waals surface area contributed by atoms with E-state index in [9.17, 15) is 4.79 Å². The molecule has 0 aliphatic carbocycles. The molecule has 0 aromatic heterocycles. The van der Waals surface area contributed by atoms with E-state index in [1.165, 1.54) is 11.9 Å². The normalized spacial score (nSPS) is 9.07. The van der Waals surface area contributed by atoms with Crippen molar-refractivity contribution in [2.24, 2.45) is 0 Å². The molecule has 0 saturated carbocycles. The van der Waals surface area contributed by atoms with Crippen molar-refractivity contribution < 1.29 is 9.53 Å². The lowest BCUT2D eigenvalue weighted by atomic mass is 10.2. The van der Waals surface area contributed by atoms with Crippen LogP contribution in [0.5, 0.6) is 0 Å². The van der Waals surface area contributed by atoms with Crippen LogP contribution < -0.4 is 0 Å². The number of hydrogen-bond donors (Lipinski definition) is 0. The number of ether oxygens (including phenoxy) is 1. The molecule has 4 heteroatoms.